The Balaban J connectivity index is 2.46. The highest BCUT2D eigenvalue weighted by atomic mass is 32.2. The Morgan fingerprint density at radius 3 is 2.43 bits per heavy atom. The molecular formula is C12H19NS. The van der Waals surface area contributed by atoms with Crippen LogP contribution in [0.15, 0.2) is 30.3 Å². The molecule has 0 bridgehead atoms. The van der Waals surface area contributed by atoms with Crippen molar-refractivity contribution >= 4 is 11.8 Å². The van der Waals surface area contributed by atoms with Gasteiger partial charge in [0.25, 0.3) is 0 Å². The Labute approximate surface area is 91.1 Å². The first kappa shape index (κ1) is 11.6. The Morgan fingerprint density at radius 1 is 1.21 bits per heavy atom. The van der Waals surface area contributed by atoms with Gasteiger partial charge in [-0.1, -0.05) is 37.3 Å². The Kier molecular flexibility index (Phi) is 5.05. The molecule has 14 heavy (non-hydrogen) atoms. The van der Waals surface area contributed by atoms with Gasteiger partial charge in [0.2, 0.25) is 0 Å². The summed E-state index contributed by atoms with van der Waals surface area (Å²) in [5, 5.41) is 1.22. The van der Waals surface area contributed by atoms with Gasteiger partial charge in [0.05, 0.1) is 0 Å². The SMILES string of the molecule is CC(CCN)SC(C)c1ccccc1. The zero-order valence-corrected chi connectivity index (χ0v) is 9.76. The third-order valence-corrected chi connectivity index (χ3v) is 3.66. The Hall–Kier alpha value is -0.470. The lowest BCUT2D eigenvalue weighted by Crippen LogP contribution is -2.08. The van der Waals surface area contributed by atoms with Crippen molar-refractivity contribution in [3.8, 4) is 0 Å². The molecule has 78 valence electrons. The van der Waals surface area contributed by atoms with Crippen molar-refractivity contribution in [1.82, 2.24) is 0 Å². The van der Waals surface area contributed by atoms with Gasteiger partial charge in [-0.15, -0.1) is 0 Å². The summed E-state index contributed by atoms with van der Waals surface area (Å²) in [6.45, 7) is 5.29. The largest absolute Gasteiger partial charge is 0.330 e. The summed E-state index contributed by atoms with van der Waals surface area (Å²) in [7, 11) is 0. The van der Waals surface area contributed by atoms with Crippen LogP contribution in [0.25, 0.3) is 0 Å². The highest BCUT2D eigenvalue weighted by Crippen LogP contribution is 2.32. The monoisotopic (exact) mass is 209 g/mol. The highest BCUT2D eigenvalue weighted by Gasteiger charge is 2.09. The van der Waals surface area contributed by atoms with Gasteiger partial charge in [-0.25, -0.2) is 0 Å². The van der Waals surface area contributed by atoms with E-state index in [9.17, 15) is 0 Å². The fourth-order valence-corrected chi connectivity index (χ4v) is 2.74. The van der Waals surface area contributed by atoms with Gasteiger partial charge in [-0.3, -0.25) is 0 Å². The van der Waals surface area contributed by atoms with Crippen LogP contribution >= 0.6 is 11.8 Å². The van der Waals surface area contributed by atoms with E-state index in [1.54, 1.807) is 0 Å². The van der Waals surface area contributed by atoms with Crippen molar-refractivity contribution in [1.29, 1.82) is 0 Å². The molecule has 1 rings (SSSR count). The number of hydrogen-bond donors (Lipinski definition) is 1. The summed E-state index contributed by atoms with van der Waals surface area (Å²) in [5.41, 5.74) is 6.93. The standard InChI is InChI=1S/C12H19NS/c1-10(8-9-13)14-11(2)12-6-4-3-5-7-12/h3-7,10-11H,8-9,13H2,1-2H3. The lowest BCUT2D eigenvalue weighted by atomic mass is 10.2. The van der Waals surface area contributed by atoms with E-state index >= 15 is 0 Å². The molecule has 0 spiro atoms. The van der Waals surface area contributed by atoms with E-state index < -0.39 is 0 Å². The molecule has 0 aliphatic carbocycles. The molecule has 0 amide bonds. The predicted octanol–water partition coefficient (Wildman–Crippen LogP) is 3.22. The van der Waals surface area contributed by atoms with Crippen LogP contribution in [0.5, 0.6) is 0 Å². The molecule has 0 fully saturated rings. The van der Waals surface area contributed by atoms with Crippen molar-refractivity contribution in [2.24, 2.45) is 5.73 Å². The van der Waals surface area contributed by atoms with E-state index in [1.807, 2.05) is 11.8 Å². The quantitative estimate of drug-likeness (QED) is 0.806. The van der Waals surface area contributed by atoms with Crippen LogP contribution in [0.2, 0.25) is 0 Å². The molecule has 0 aromatic heterocycles. The first-order valence-corrected chi connectivity index (χ1v) is 6.08. The lowest BCUT2D eigenvalue weighted by Gasteiger charge is -2.16. The molecule has 0 saturated carbocycles. The molecule has 0 aliphatic heterocycles. The molecule has 0 saturated heterocycles. The summed E-state index contributed by atoms with van der Waals surface area (Å²) in [5.74, 6) is 0. The van der Waals surface area contributed by atoms with E-state index in [4.69, 9.17) is 5.73 Å². The molecular weight excluding hydrogens is 190 g/mol. The minimum atomic E-state index is 0.567. The molecule has 1 nitrogen and oxygen atoms in total. The second-order valence-electron chi connectivity index (χ2n) is 3.58. The van der Waals surface area contributed by atoms with Gasteiger partial charge in [-0.2, -0.15) is 11.8 Å². The molecule has 0 aliphatic rings. The lowest BCUT2D eigenvalue weighted by molar-refractivity contribution is 0.818. The predicted molar refractivity (Wildman–Crippen MR) is 65.6 cm³/mol. The van der Waals surface area contributed by atoms with Crippen molar-refractivity contribution in [2.75, 3.05) is 6.54 Å². The molecule has 1 aromatic rings. The summed E-state index contributed by atoms with van der Waals surface area (Å²) in [6.07, 6.45) is 1.10. The average molecular weight is 209 g/mol. The van der Waals surface area contributed by atoms with Gasteiger partial charge < -0.3 is 5.73 Å². The van der Waals surface area contributed by atoms with E-state index in [2.05, 4.69) is 44.2 Å². The molecule has 2 heteroatoms. The zero-order valence-electron chi connectivity index (χ0n) is 8.94. The second-order valence-corrected chi connectivity index (χ2v) is 5.36. The van der Waals surface area contributed by atoms with Crippen LogP contribution in [-0.4, -0.2) is 11.8 Å². The number of thioether (sulfide) groups is 1. The van der Waals surface area contributed by atoms with Gasteiger partial charge in [0.1, 0.15) is 0 Å². The Morgan fingerprint density at radius 2 is 1.86 bits per heavy atom. The molecule has 0 radical (unpaired) electrons. The number of nitrogens with two attached hydrogens (primary N) is 1. The first-order valence-electron chi connectivity index (χ1n) is 5.14. The Bertz CT molecular complexity index is 248. The van der Waals surface area contributed by atoms with Crippen LogP contribution in [0.1, 0.15) is 31.1 Å². The van der Waals surface area contributed by atoms with Crippen LogP contribution < -0.4 is 5.73 Å². The number of hydrogen-bond acceptors (Lipinski definition) is 2. The minimum absolute atomic E-state index is 0.567. The maximum atomic E-state index is 5.53. The van der Waals surface area contributed by atoms with Crippen molar-refractivity contribution < 1.29 is 0 Å². The fraction of sp³-hybridized carbons (Fsp3) is 0.500. The normalized spacial score (nSPS) is 15.1. The summed E-state index contributed by atoms with van der Waals surface area (Å²) in [6, 6.07) is 10.6. The van der Waals surface area contributed by atoms with E-state index in [0.29, 0.717) is 10.5 Å². The number of benzene rings is 1. The zero-order chi connectivity index (χ0) is 10.4. The second kappa shape index (κ2) is 6.10. The van der Waals surface area contributed by atoms with Gasteiger partial charge in [0.15, 0.2) is 0 Å². The maximum Gasteiger partial charge on any atom is 0.0271 e. The molecule has 2 atom stereocenters. The van der Waals surface area contributed by atoms with E-state index in [0.717, 1.165) is 13.0 Å². The van der Waals surface area contributed by atoms with Crippen LogP contribution in [0.4, 0.5) is 0 Å². The van der Waals surface area contributed by atoms with Crippen molar-refractivity contribution in [3.05, 3.63) is 35.9 Å². The van der Waals surface area contributed by atoms with Crippen LogP contribution in [0.3, 0.4) is 0 Å². The molecule has 2 N–H and O–H groups in total. The maximum absolute atomic E-state index is 5.53. The summed E-state index contributed by atoms with van der Waals surface area (Å²) >= 11 is 2.00. The first-order chi connectivity index (χ1) is 6.74. The van der Waals surface area contributed by atoms with Crippen molar-refractivity contribution in [3.63, 3.8) is 0 Å². The van der Waals surface area contributed by atoms with Gasteiger partial charge in [-0.05, 0) is 25.5 Å². The summed E-state index contributed by atoms with van der Waals surface area (Å²) in [4.78, 5) is 0. The molecule has 2 unspecified atom stereocenters. The molecule has 0 heterocycles. The summed E-state index contributed by atoms with van der Waals surface area (Å²) < 4.78 is 0. The highest BCUT2D eigenvalue weighted by molar-refractivity contribution is 8.00. The number of rotatable bonds is 5. The van der Waals surface area contributed by atoms with E-state index in [1.165, 1.54) is 5.56 Å². The smallest absolute Gasteiger partial charge is 0.0271 e. The van der Waals surface area contributed by atoms with Crippen LogP contribution in [0, 0.1) is 0 Å². The average Bonchev–Trinajstić information content (AvgIpc) is 2.19. The molecule has 1 aromatic carbocycles. The van der Waals surface area contributed by atoms with Gasteiger partial charge >= 0.3 is 0 Å². The fourth-order valence-electron chi connectivity index (χ4n) is 1.45. The minimum Gasteiger partial charge on any atom is -0.330 e. The van der Waals surface area contributed by atoms with Crippen LogP contribution in [-0.2, 0) is 0 Å². The van der Waals surface area contributed by atoms with Gasteiger partial charge in [0, 0.05) is 10.5 Å². The topological polar surface area (TPSA) is 26.0 Å². The van der Waals surface area contributed by atoms with Crippen molar-refractivity contribution in [2.45, 2.75) is 30.8 Å². The van der Waals surface area contributed by atoms with E-state index in [-0.39, 0.29) is 0 Å². The third kappa shape index (κ3) is 3.72. The third-order valence-electron chi connectivity index (χ3n) is 2.28.